The van der Waals surface area contributed by atoms with Gasteiger partial charge in [0.25, 0.3) is 5.91 Å². The first kappa shape index (κ1) is 20.9. The highest BCUT2D eigenvalue weighted by Gasteiger charge is 2.20. The molecule has 0 saturated carbocycles. The zero-order valence-electron chi connectivity index (χ0n) is 16.1. The number of rotatable bonds is 8. The maximum absolute atomic E-state index is 12.5. The summed E-state index contributed by atoms with van der Waals surface area (Å²) < 4.78 is 5.33. The van der Waals surface area contributed by atoms with E-state index in [9.17, 15) is 9.59 Å². The molecular weight excluding hydrogens is 362 g/mol. The van der Waals surface area contributed by atoms with Crippen molar-refractivity contribution in [3.05, 3.63) is 52.8 Å². The van der Waals surface area contributed by atoms with Crippen LogP contribution < -0.4 is 5.32 Å². The van der Waals surface area contributed by atoms with Crippen LogP contribution in [0.4, 0.5) is 0 Å². The number of ether oxygens (including phenoxy) is 1. The number of aromatic nitrogens is 2. The van der Waals surface area contributed by atoms with Gasteiger partial charge in [0.2, 0.25) is 0 Å². The Morgan fingerprint density at radius 3 is 2.52 bits per heavy atom. The highest BCUT2D eigenvalue weighted by molar-refractivity contribution is 7.98. The monoisotopic (exact) mass is 387 g/mol. The van der Waals surface area contributed by atoms with Crippen LogP contribution in [0.1, 0.15) is 47.6 Å². The molecule has 0 unspecified atom stereocenters. The topological polar surface area (TPSA) is 81.2 Å². The summed E-state index contributed by atoms with van der Waals surface area (Å²) in [5.74, 6) is -0.266. The molecule has 0 radical (unpaired) electrons. The van der Waals surface area contributed by atoms with Crippen LogP contribution in [0.5, 0.6) is 0 Å². The van der Waals surface area contributed by atoms with Gasteiger partial charge in [-0.15, -0.1) is 0 Å². The molecule has 2 aromatic rings. The Labute approximate surface area is 164 Å². The number of hydrogen-bond donors (Lipinski definition) is 1. The number of thioether (sulfide) groups is 1. The van der Waals surface area contributed by atoms with Crippen molar-refractivity contribution in [1.29, 1.82) is 0 Å². The van der Waals surface area contributed by atoms with E-state index >= 15 is 0 Å². The Morgan fingerprint density at radius 2 is 1.85 bits per heavy atom. The van der Waals surface area contributed by atoms with Gasteiger partial charge in [-0.3, -0.25) is 4.79 Å². The molecule has 0 bridgehead atoms. The maximum Gasteiger partial charge on any atom is 0.339 e. The van der Waals surface area contributed by atoms with Crippen LogP contribution in [0.15, 0.2) is 35.5 Å². The molecular formula is C20H25N3O3S. The molecule has 144 valence electrons. The van der Waals surface area contributed by atoms with Crippen molar-refractivity contribution >= 4 is 23.6 Å². The van der Waals surface area contributed by atoms with Crippen LogP contribution in [0, 0.1) is 13.8 Å². The lowest BCUT2D eigenvalue weighted by atomic mass is 10.1. The number of nitrogens with zero attached hydrogens (tertiary/aromatic N) is 2. The summed E-state index contributed by atoms with van der Waals surface area (Å²) in [7, 11) is 0. The van der Waals surface area contributed by atoms with Crippen LogP contribution in [0.2, 0.25) is 0 Å². The third-order valence-electron chi connectivity index (χ3n) is 3.76. The van der Waals surface area contributed by atoms with Crippen molar-refractivity contribution in [1.82, 2.24) is 15.3 Å². The molecule has 2 rings (SSSR count). The van der Waals surface area contributed by atoms with Gasteiger partial charge in [-0.05, 0) is 44.9 Å². The Balaban J connectivity index is 2.05. The quantitative estimate of drug-likeness (QED) is 0.424. The average Bonchev–Trinajstić information content (AvgIpc) is 2.63. The molecule has 27 heavy (non-hydrogen) atoms. The lowest BCUT2D eigenvalue weighted by Crippen LogP contribution is -2.36. The SMILES string of the molecule is CCCNC(=O)[C@@H](C)OC(=O)c1ccccc1CSc1nc(C)cc(C)n1. The summed E-state index contributed by atoms with van der Waals surface area (Å²) in [4.78, 5) is 33.3. The number of aryl methyl sites for hydroxylation is 2. The van der Waals surface area contributed by atoms with E-state index < -0.39 is 12.1 Å². The lowest BCUT2D eigenvalue weighted by molar-refractivity contribution is -0.129. The molecule has 0 aliphatic heterocycles. The van der Waals surface area contributed by atoms with Gasteiger partial charge in [-0.1, -0.05) is 36.9 Å². The summed E-state index contributed by atoms with van der Waals surface area (Å²) in [5, 5.41) is 3.39. The second-order valence-corrected chi connectivity index (χ2v) is 7.16. The predicted molar refractivity (Wildman–Crippen MR) is 106 cm³/mol. The molecule has 6 nitrogen and oxygen atoms in total. The highest BCUT2D eigenvalue weighted by atomic mass is 32.2. The summed E-state index contributed by atoms with van der Waals surface area (Å²) in [6, 6.07) is 9.14. The first-order valence-electron chi connectivity index (χ1n) is 8.92. The highest BCUT2D eigenvalue weighted by Crippen LogP contribution is 2.23. The molecule has 1 atom stereocenters. The molecule has 1 N–H and O–H groups in total. The van der Waals surface area contributed by atoms with Crippen LogP contribution in [0.3, 0.4) is 0 Å². The van der Waals surface area contributed by atoms with Crippen LogP contribution in [0.25, 0.3) is 0 Å². The van der Waals surface area contributed by atoms with Gasteiger partial charge in [0.05, 0.1) is 5.56 Å². The zero-order chi connectivity index (χ0) is 19.8. The van der Waals surface area contributed by atoms with Crippen LogP contribution in [-0.4, -0.2) is 34.5 Å². The van der Waals surface area contributed by atoms with E-state index in [0.717, 1.165) is 23.4 Å². The van der Waals surface area contributed by atoms with E-state index in [4.69, 9.17) is 4.74 Å². The average molecular weight is 388 g/mol. The fourth-order valence-corrected chi connectivity index (χ4v) is 3.37. The Hall–Kier alpha value is -2.41. The summed E-state index contributed by atoms with van der Waals surface area (Å²) in [5.41, 5.74) is 3.08. The number of carbonyl (C=O) groups excluding carboxylic acids is 2. The molecule has 0 spiro atoms. The standard InChI is InChI=1S/C20H25N3O3S/c1-5-10-21-18(24)15(4)26-19(25)17-9-7-6-8-16(17)12-27-20-22-13(2)11-14(3)23-20/h6-9,11,15H,5,10,12H2,1-4H3,(H,21,24)/t15-/m1/s1. The third kappa shape index (κ3) is 6.36. The molecule has 0 fully saturated rings. The van der Waals surface area contributed by atoms with E-state index in [1.54, 1.807) is 19.1 Å². The first-order valence-corrected chi connectivity index (χ1v) is 9.91. The second-order valence-electron chi connectivity index (χ2n) is 6.22. The van der Waals surface area contributed by atoms with E-state index in [1.807, 2.05) is 39.0 Å². The zero-order valence-corrected chi connectivity index (χ0v) is 16.9. The van der Waals surface area contributed by atoms with Gasteiger partial charge in [0.1, 0.15) is 0 Å². The maximum atomic E-state index is 12.5. The Bertz CT molecular complexity index is 791. The van der Waals surface area contributed by atoms with E-state index in [2.05, 4.69) is 15.3 Å². The largest absolute Gasteiger partial charge is 0.449 e. The van der Waals surface area contributed by atoms with Crippen LogP contribution in [-0.2, 0) is 15.3 Å². The number of nitrogens with one attached hydrogen (secondary N) is 1. The van der Waals surface area contributed by atoms with E-state index in [-0.39, 0.29) is 5.91 Å². The van der Waals surface area contributed by atoms with Crippen molar-refractivity contribution < 1.29 is 14.3 Å². The molecule has 0 saturated heterocycles. The molecule has 0 aliphatic carbocycles. The van der Waals surface area contributed by atoms with Gasteiger partial charge < -0.3 is 10.1 Å². The van der Waals surface area contributed by atoms with Crippen molar-refractivity contribution in [2.45, 2.75) is 51.1 Å². The van der Waals surface area contributed by atoms with Gasteiger partial charge in [-0.2, -0.15) is 0 Å². The predicted octanol–water partition coefficient (Wildman–Crippen LogP) is 3.46. The molecule has 1 aromatic carbocycles. The summed E-state index contributed by atoms with van der Waals surface area (Å²) >= 11 is 1.46. The van der Waals surface area contributed by atoms with Crippen molar-refractivity contribution in [2.24, 2.45) is 0 Å². The molecule has 0 aliphatic rings. The number of benzene rings is 1. The third-order valence-corrected chi connectivity index (χ3v) is 4.65. The molecule has 1 aromatic heterocycles. The van der Waals surface area contributed by atoms with Gasteiger partial charge in [0.15, 0.2) is 11.3 Å². The summed E-state index contributed by atoms with van der Waals surface area (Å²) in [6.07, 6.45) is -0.0139. The number of amides is 1. The number of carbonyl (C=O) groups is 2. The Morgan fingerprint density at radius 1 is 1.19 bits per heavy atom. The smallest absolute Gasteiger partial charge is 0.339 e. The fourth-order valence-electron chi connectivity index (χ4n) is 2.42. The van der Waals surface area contributed by atoms with Crippen LogP contribution >= 0.6 is 11.8 Å². The fraction of sp³-hybridized carbons (Fsp3) is 0.400. The van der Waals surface area contributed by atoms with E-state index in [0.29, 0.717) is 23.0 Å². The Kier molecular flexibility index (Phi) is 7.79. The van der Waals surface area contributed by atoms with Crippen molar-refractivity contribution in [3.63, 3.8) is 0 Å². The van der Waals surface area contributed by atoms with Gasteiger partial charge in [-0.25, -0.2) is 14.8 Å². The second kappa shape index (κ2) is 10.1. The minimum Gasteiger partial charge on any atom is -0.449 e. The first-order chi connectivity index (χ1) is 12.9. The normalized spacial score (nSPS) is 11.7. The summed E-state index contributed by atoms with van der Waals surface area (Å²) in [6.45, 7) is 7.95. The molecule has 7 heteroatoms. The van der Waals surface area contributed by atoms with E-state index in [1.165, 1.54) is 11.8 Å². The van der Waals surface area contributed by atoms with Crippen molar-refractivity contribution in [2.75, 3.05) is 6.54 Å². The lowest BCUT2D eigenvalue weighted by Gasteiger charge is -2.14. The van der Waals surface area contributed by atoms with Crippen molar-refractivity contribution in [3.8, 4) is 0 Å². The number of hydrogen-bond acceptors (Lipinski definition) is 6. The minimum absolute atomic E-state index is 0.291. The molecule has 1 amide bonds. The number of esters is 1. The minimum atomic E-state index is -0.840. The van der Waals surface area contributed by atoms with Gasteiger partial charge in [0, 0.05) is 23.7 Å². The van der Waals surface area contributed by atoms with Gasteiger partial charge >= 0.3 is 5.97 Å². The molecule has 1 heterocycles.